The highest BCUT2D eigenvalue weighted by molar-refractivity contribution is 5.84. The SMILES string of the molecule is COc1ccc(-c2nc3c(C)cc(C4CCN(C5CCNCC5)[C@@H](C5CC5)C4)cc3n2C)cc1F. The quantitative estimate of drug-likeness (QED) is 0.535. The number of aromatic nitrogens is 2. The van der Waals surface area contributed by atoms with Crippen LogP contribution >= 0.6 is 0 Å². The molecule has 1 N–H and O–H groups in total. The molecule has 3 fully saturated rings. The highest BCUT2D eigenvalue weighted by Crippen LogP contribution is 2.45. The minimum Gasteiger partial charge on any atom is -0.494 e. The molecule has 2 aromatic carbocycles. The van der Waals surface area contributed by atoms with Gasteiger partial charge in [-0.15, -0.1) is 0 Å². The number of halogens is 1. The maximum absolute atomic E-state index is 14.4. The van der Waals surface area contributed by atoms with Gasteiger partial charge in [0.05, 0.1) is 18.1 Å². The molecule has 1 aromatic heterocycles. The highest BCUT2D eigenvalue weighted by Gasteiger charge is 2.42. The van der Waals surface area contributed by atoms with Gasteiger partial charge in [-0.3, -0.25) is 4.90 Å². The van der Waals surface area contributed by atoms with Crippen molar-refractivity contribution in [2.75, 3.05) is 26.7 Å². The first-order valence-electron chi connectivity index (χ1n) is 13.3. The minimum atomic E-state index is -0.360. The van der Waals surface area contributed by atoms with Crippen LogP contribution in [0.1, 0.15) is 55.6 Å². The van der Waals surface area contributed by atoms with Crippen molar-refractivity contribution in [3.05, 3.63) is 47.3 Å². The molecule has 6 rings (SSSR count). The van der Waals surface area contributed by atoms with Gasteiger partial charge in [0.2, 0.25) is 0 Å². The number of nitrogens with one attached hydrogen (secondary N) is 1. The fraction of sp³-hybridized carbons (Fsp3) is 0.552. The van der Waals surface area contributed by atoms with Crippen LogP contribution in [0.15, 0.2) is 30.3 Å². The largest absolute Gasteiger partial charge is 0.494 e. The number of methoxy groups -OCH3 is 1. The van der Waals surface area contributed by atoms with Crippen molar-refractivity contribution in [1.82, 2.24) is 19.8 Å². The summed E-state index contributed by atoms with van der Waals surface area (Å²) in [6, 6.07) is 11.3. The van der Waals surface area contributed by atoms with Crippen LogP contribution in [0.3, 0.4) is 0 Å². The lowest BCUT2D eigenvalue weighted by Crippen LogP contribution is -2.52. The van der Waals surface area contributed by atoms with Gasteiger partial charge in [-0.05, 0) is 112 Å². The van der Waals surface area contributed by atoms with Gasteiger partial charge >= 0.3 is 0 Å². The van der Waals surface area contributed by atoms with Gasteiger partial charge in [0.15, 0.2) is 11.6 Å². The van der Waals surface area contributed by atoms with E-state index < -0.39 is 0 Å². The molecule has 1 aliphatic carbocycles. The smallest absolute Gasteiger partial charge is 0.165 e. The molecule has 1 unspecified atom stereocenters. The van der Waals surface area contributed by atoms with Gasteiger partial charge in [0.25, 0.3) is 0 Å². The van der Waals surface area contributed by atoms with Crippen LogP contribution in [0.2, 0.25) is 0 Å². The van der Waals surface area contributed by atoms with E-state index in [1.807, 2.05) is 13.1 Å². The average molecular weight is 477 g/mol. The Morgan fingerprint density at radius 1 is 1.06 bits per heavy atom. The number of hydrogen-bond acceptors (Lipinski definition) is 4. The monoisotopic (exact) mass is 476 g/mol. The first-order chi connectivity index (χ1) is 17.0. The third-order valence-electron chi connectivity index (χ3n) is 8.71. The van der Waals surface area contributed by atoms with Gasteiger partial charge in [-0.2, -0.15) is 0 Å². The summed E-state index contributed by atoms with van der Waals surface area (Å²) in [6.45, 7) is 5.71. The summed E-state index contributed by atoms with van der Waals surface area (Å²) >= 11 is 0. The molecule has 3 heterocycles. The molecule has 6 heteroatoms. The van der Waals surface area contributed by atoms with Crippen LogP contribution in [-0.4, -0.2) is 53.3 Å². The number of hydrogen-bond donors (Lipinski definition) is 1. The minimum absolute atomic E-state index is 0.257. The van der Waals surface area contributed by atoms with Crippen LogP contribution in [0.4, 0.5) is 4.39 Å². The average Bonchev–Trinajstić information content (AvgIpc) is 3.68. The Labute approximate surface area is 207 Å². The van der Waals surface area contributed by atoms with E-state index in [1.54, 1.807) is 6.07 Å². The molecule has 0 amide bonds. The van der Waals surface area contributed by atoms with Crippen molar-refractivity contribution in [3.63, 3.8) is 0 Å². The standard InChI is InChI=1S/C29H37FN4O/c1-18-14-22(20-10-13-34(23-8-11-31-12-9-23)25(16-20)19-4-5-19)17-26-28(18)32-29(33(26)2)21-6-7-27(35-3)24(30)15-21/h6-7,14-15,17,19-20,23,25,31H,4-5,8-13,16H2,1-3H3/t20?,25-/m1/s1. The van der Waals surface area contributed by atoms with Crippen molar-refractivity contribution < 1.29 is 9.13 Å². The van der Waals surface area contributed by atoms with Crippen LogP contribution < -0.4 is 10.1 Å². The molecular formula is C29H37FN4O. The van der Waals surface area contributed by atoms with Gasteiger partial charge in [-0.1, -0.05) is 6.07 Å². The summed E-state index contributed by atoms with van der Waals surface area (Å²) in [5.74, 6) is 2.18. The molecule has 1 saturated carbocycles. The number of rotatable bonds is 5. The first-order valence-corrected chi connectivity index (χ1v) is 13.3. The summed E-state index contributed by atoms with van der Waals surface area (Å²) < 4.78 is 21.6. The van der Waals surface area contributed by atoms with Crippen molar-refractivity contribution >= 4 is 11.0 Å². The normalized spacial score (nSPS) is 24.2. The predicted octanol–water partition coefficient (Wildman–Crippen LogP) is 5.41. The van der Waals surface area contributed by atoms with Crippen LogP contribution in [0.25, 0.3) is 22.4 Å². The van der Waals surface area contributed by atoms with E-state index in [2.05, 4.69) is 33.8 Å². The van der Waals surface area contributed by atoms with Gasteiger partial charge in [-0.25, -0.2) is 9.37 Å². The van der Waals surface area contributed by atoms with Crippen molar-refractivity contribution in [3.8, 4) is 17.1 Å². The van der Waals surface area contributed by atoms with E-state index in [0.29, 0.717) is 5.92 Å². The molecular weight excluding hydrogens is 439 g/mol. The second kappa shape index (κ2) is 9.21. The molecule has 5 nitrogen and oxygen atoms in total. The number of ether oxygens (including phenoxy) is 1. The molecule has 0 spiro atoms. The topological polar surface area (TPSA) is 42.3 Å². The molecule has 0 bridgehead atoms. The lowest BCUT2D eigenvalue weighted by atomic mass is 9.81. The molecule has 2 aliphatic heterocycles. The second-order valence-electron chi connectivity index (χ2n) is 10.9. The Hall–Kier alpha value is -2.44. The molecule has 186 valence electrons. The number of piperidine rings is 2. The van der Waals surface area contributed by atoms with Crippen LogP contribution in [-0.2, 0) is 7.05 Å². The Kier molecular flexibility index (Phi) is 6.05. The van der Waals surface area contributed by atoms with E-state index in [9.17, 15) is 4.39 Å². The van der Waals surface area contributed by atoms with Gasteiger partial charge in [0.1, 0.15) is 5.82 Å². The maximum Gasteiger partial charge on any atom is 0.165 e. The van der Waals surface area contributed by atoms with E-state index >= 15 is 0 Å². The van der Waals surface area contributed by atoms with E-state index in [-0.39, 0.29) is 11.6 Å². The number of fused-ring (bicyclic) bond motifs is 1. The Bertz CT molecular complexity index is 1230. The highest BCUT2D eigenvalue weighted by atomic mass is 19.1. The number of imidazole rings is 1. The van der Waals surface area contributed by atoms with Crippen LogP contribution in [0, 0.1) is 18.7 Å². The predicted molar refractivity (Wildman–Crippen MR) is 138 cm³/mol. The zero-order valence-corrected chi connectivity index (χ0v) is 21.2. The Balaban J connectivity index is 1.30. The summed E-state index contributed by atoms with van der Waals surface area (Å²) in [4.78, 5) is 7.82. The maximum atomic E-state index is 14.4. The van der Waals surface area contributed by atoms with Crippen molar-refractivity contribution in [2.24, 2.45) is 13.0 Å². The Morgan fingerprint density at radius 2 is 1.86 bits per heavy atom. The summed E-state index contributed by atoms with van der Waals surface area (Å²) in [5, 5.41) is 3.54. The number of likely N-dealkylation sites (tertiary alicyclic amines) is 1. The number of aryl methyl sites for hydroxylation is 2. The van der Waals surface area contributed by atoms with Crippen molar-refractivity contribution in [1.29, 1.82) is 0 Å². The van der Waals surface area contributed by atoms with Gasteiger partial charge in [0, 0.05) is 24.7 Å². The molecule has 3 aliphatic rings. The molecule has 2 atom stereocenters. The summed E-state index contributed by atoms with van der Waals surface area (Å²) in [6.07, 6.45) is 7.90. The lowest BCUT2D eigenvalue weighted by molar-refractivity contribution is 0.0557. The zero-order chi connectivity index (χ0) is 24.1. The summed E-state index contributed by atoms with van der Waals surface area (Å²) in [5.41, 5.74) is 5.56. The van der Waals surface area contributed by atoms with Crippen LogP contribution in [0.5, 0.6) is 5.75 Å². The third kappa shape index (κ3) is 4.25. The molecule has 2 saturated heterocycles. The lowest BCUT2D eigenvalue weighted by Gasteiger charge is -2.46. The fourth-order valence-corrected chi connectivity index (χ4v) is 6.64. The zero-order valence-electron chi connectivity index (χ0n) is 21.2. The second-order valence-corrected chi connectivity index (χ2v) is 10.9. The number of nitrogens with zero attached hydrogens (tertiary/aromatic N) is 3. The first kappa shape index (κ1) is 23.0. The summed E-state index contributed by atoms with van der Waals surface area (Å²) in [7, 11) is 3.53. The fourth-order valence-electron chi connectivity index (χ4n) is 6.64. The molecule has 35 heavy (non-hydrogen) atoms. The van der Waals surface area contributed by atoms with Gasteiger partial charge < -0.3 is 14.6 Å². The molecule has 0 radical (unpaired) electrons. The molecule has 3 aromatic rings. The third-order valence-corrected chi connectivity index (χ3v) is 8.71. The van der Waals surface area contributed by atoms with Crippen molar-refractivity contribution in [2.45, 2.75) is 63.5 Å². The van der Waals surface area contributed by atoms with E-state index in [4.69, 9.17) is 9.72 Å². The van der Waals surface area contributed by atoms with E-state index in [1.165, 1.54) is 82.5 Å². The number of benzene rings is 2. The Morgan fingerprint density at radius 3 is 2.57 bits per heavy atom. The van der Waals surface area contributed by atoms with E-state index in [0.717, 1.165) is 40.4 Å².